The van der Waals surface area contributed by atoms with Crippen LogP contribution in [-0.4, -0.2) is 5.97 Å². The third-order valence-corrected chi connectivity index (χ3v) is 2.34. The Kier molecular flexibility index (Phi) is 3.88. The summed E-state index contributed by atoms with van der Waals surface area (Å²) in [7, 11) is 0. The van der Waals surface area contributed by atoms with E-state index in [-0.39, 0.29) is 5.97 Å². The van der Waals surface area contributed by atoms with Gasteiger partial charge in [0.15, 0.2) is 0 Å². The van der Waals surface area contributed by atoms with Crippen LogP contribution in [-0.2, 0) is 4.79 Å². The van der Waals surface area contributed by atoms with E-state index in [1.807, 2.05) is 25.1 Å². The molecule has 0 aliphatic rings. The topological polar surface area (TPSA) is 26.3 Å². The second kappa shape index (κ2) is 4.97. The van der Waals surface area contributed by atoms with Crippen molar-refractivity contribution >= 4 is 5.97 Å². The summed E-state index contributed by atoms with van der Waals surface area (Å²) in [6.45, 7) is 11.3. The Labute approximate surface area is 96.9 Å². The van der Waals surface area contributed by atoms with Gasteiger partial charge in [-0.1, -0.05) is 32.6 Å². The van der Waals surface area contributed by atoms with Crippen molar-refractivity contribution in [1.82, 2.24) is 0 Å². The SMILES string of the molecule is C=C(C)C(=O)Oc1cc(C)ccc1C(C)C. The van der Waals surface area contributed by atoms with Crippen molar-refractivity contribution in [2.45, 2.75) is 33.6 Å². The van der Waals surface area contributed by atoms with Crippen molar-refractivity contribution < 1.29 is 9.53 Å². The summed E-state index contributed by atoms with van der Waals surface area (Å²) in [6, 6.07) is 5.91. The normalized spacial score (nSPS) is 10.3. The van der Waals surface area contributed by atoms with E-state index in [0.717, 1.165) is 11.1 Å². The Morgan fingerprint density at radius 2 is 2.00 bits per heavy atom. The lowest BCUT2D eigenvalue weighted by Gasteiger charge is -2.13. The van der Waals surface area contributed by atoms with Gasteiger partial charge in [0, 0.05) is 5.57 Å². The molecule has 0 saturated carbocycles. The highest BCUT2D eigenvalue weighted by molar-refractivity contribution is 5.89. The lowest BCUT2D eigenvalue weighted by atomic mass is 10.0. The molecular weight excluding hydrogens is 200 g/mol. The van der Waals surface area contributed by atoms with Gasteiger partial charge in [-0.15, -0.1) is 0 Å². The Balaban J connectivity index is 3.05. The Hall–Kier alpha value is -1.57. The van der Waals surface area contributed by atoms with Gasteiger partial charge in [-0.05, 0) is 37.0 Å². The molecule has 0 N–H and O–H groups in total. The summed E-state index contributed by atoms with van der Waals surface area (Å²) < 4.78 is 5.31. The quantitative estimate of drug-likeness (QED) is 0.440. The van der Waals surface area contributed by atoms with Crippen LogP contribution in [0.25, 0.3) is 0 Å². The molecule has 0 atom stereocenters. The second-order valence-electron chi connectivity index (χ2n) is 4.37. The fourth-order valence-electron chi connectivity index (χ4n) is 1.39. The van der Waals surface area contributed by atoms with Crippen molar-refractivity contribution in [2.75, 3.05) is 0 Å². The molecule has 86 valence electrons. The maximum absolute atomic E-state index is 11.5. The summed E-state index contributed by atoms with van der Waals surface area (Å²) >= 11 is 0. The summed E-state index contributed by atoms with van der Waals surface area (Å²) in [5, 5.41) is 0. The molecule has 0 saturated heterocycles. The molecule has 0 amide bonds. The minimum absolute atomic E-state index is 0.327. The van der Waals surface area contributed by atoms with Gasteiger partial charge in [0.2, 0.25) is 0 Å². The van der Waals surface area contributed by atoms with Crippen LogP contribution in [0.3, 0.4) is 0 Å². The highest BCUT2D eigenvalue weighted by Crippen LogP contribution is 2.27. The molecule has 1 rings (SSSR count). The molecule has 2 nitrogen and oxygen atoms in total. The average molecular weight is 218 g/mol. The summed E-state index contributed by atoms with van der Waals surface area (Å²) in [6.07, 6.45) is 0. The number of hydrogen-bond acceptors (Lipinski definition) is 2. The van der Waals surface area contributed by atoms with Crippen LogP contribution in [0.1, 0.15) is 37.8 Å². The van der Waals surface area contributed by atoms with Crippen LogP contribution in [0.5, 0.6) is 5.75 Å². The molecule has 0 fully saturated rings. The maximum atomic E-state index is 11.5. The van der Waals surface area contributed by atoms with Crippen molar-refractivity contribution in [3.63, 3.8) is 0 Å². The van der Waals surface area contributed by atoms with Gasteiger partial charge in [-0.3, -0.25) is 0 Å². The lowest BCUT2D eigenvalue weighted by molar-refractivity contribution is -0.130. The third-order valence-electron chi connectivity index (χ3n) is 2.34. The Bertz CT molecular complexity index is 417. The molecule has 1 aromatic carbocycles. The lowest BCUT2D eigenvalue weighted by Crippen LogP contribution is -2.10. The first-order valence-electron chi connectivity index (χ1n) is 5.40. The molecular formula is C14H18O2. The van der Waals surface area contributed by atoms with Crippen molar-refractivity contribution in [1.29, 1.82) is 0 Å². The van der Waals surface area contributed by atoms with Crippen LogP contribution in [0, 0.1) is 6.92 Å². The summed E-state index contributed by atoms with van der Waals surface area (Å²) in [5.41, 5.74) is 2.53. The molecule has 1 aromatic rings. The minimum atomic E-state index is -0.368. The first kappa shape index (κ1) is 12.5. The van der Waals surface area contributed by atoms with Crippen LogP contribution in [0.15, 0.2) is 30.4 Å². The number of carbonyl (C=O) groups is 1. The molecule has 0 spiro atoms. The summed E-state index contributed by atoms with van der Waals surface area (Å²) in [4.78, 5) is 11.5. The number of rotatable bonds is 3. The van der Waals surface area contributed by atoms with Gasteiger partial charge in [-0.25, -0.2) is 4.79 Å². The molecule has 0 heterocycles. The Morgan fingerprint density at radius 3 is 2.50 bits per heavy atom. The largest absolute Gasteiger partial charge is 0.423 e. The predicted octanol–water partition coefficient (Wildman–Crippen LogP) is 3.60. The molecule has 0 aromatic heterocycles. The van der Waals surface area contributed by atoms with E-state index in [0.29, 0.717) is 17.2 Å². The third kappa shape index (κ3) is 2.96. The first-order valence-corrected chi connectivity index (χ1v) is 5.40. The van der Waals surface area contributed by atoms with Gasteiger partial charge < -0.3 is 4.74 Å². The van der Waals surface area contributed by atoms with Gasteiger partial charge in [-0.2, -0.15) is 0 Å². The molecule has 0 aliphatic heterocycles. The van der Waals surface area contributed by atoms with E-state index in [4.69, 9.17) is 4.74 Å². The van der Waals surface area contributed by atoms with E-state index in [2.05, 4.69) is 20.4 Å². The maximum Gasteiger partial charge on any atom is 0.338 e. The fourth-order valence-corrected chi connectivity index (χ4v) is 1.39. The first-order chi connectivity index (χ1) is 7.41. The molecule has 0 unspecified atom stereocenters. The minimum Gasteiger partial charge on any atom is -0.423 e. The summed E-state index contributed by atoms with van der Waals surface area (Å²) in [5.74, 6) is 0.601. The van der Waals surface area contributed by atoms with Gasteiger partial charge in [0.25, 0.3) is 0 Å². The predicted molar refractivity (Wildman–Crippen MR) is 65.7 cm³/mol. The zero-order valence-corrected chi connectivity index (χ0v) is 10.3. The van der Waals surface area contributed by atoms with Gasteiger partial charge >= 0.3 is 5.97 Å². The van der Waals surface area contributed by atoms with Crippen LogP contribution >= 0.6 is 0 Å². The van der Waals surface area contributed by atoms with Crippen LogP contribution in [0.4, 0.5) is 0 Å². The molecule has 0 radical (unpaired) electrons. The van der Waals surface area contributed by atoms with E-state index in [1.54, 1.807) is 6.92 Å². The zero-order chi connectivity index (χ0) is 12.3. The molecule has 0 bridgehead atoms. The molecule has 2 heteroatoms. The van der Waals surface area contributed by atoms with Crippen molar-refractivity contribution in [2.24, 2.45) is 0 Å². The number of ether oxygens (including phenoxy) is 1. The average Bonchev–Trinajstić information content (AvgIpc) is 2.16. The number of benzene rings is 1. The second-order valence-corrected chi connectivity index (χ2v) is 4.37. The number of carbonyl (C=O) groups excluding carboxylic acids is 1. The number of aryl methyl sites for hydroxylation is 1. The van der Waals surface area contributed by atoms with E-state index < -0.39 is 0 Å². The van der Waals surface area contributed by atoms with E-state index >= 15 is 0 Å². The van der Waals surface area contributed by atoms with Crippen LogP contribution < -0.4 is 4.74 Å². The fraction of sp³-hybridized carbons (Fsp3) is 0.357. The highest BCUT2D eigenvalue weighted by Gasteiger charge is 2.12. The highest BCUT2D eigenvalue weighted by atomic mass is 16.5. The van der Waals surface area contributed by atoms with Gasteiger partial charge in [0.1, 0.15) is 5.75 Å². The number of esters is 1. The monoisotopic (exact) mass is 218 g/mol. The van der Waals surface area contributed by atoms with E-state index in [1.165, 1.54) is 0 Å². The number of hydrogen-bond donors (Lipinski definition) is 0. The van der Waals surface area contributed by atoms with Gasteiger partial charge in [0.05, 0.1) is 0 Å². The molecule has 16 heavy (non-hydrogen) atoms. The smallest absolute Gasteiger partial charge is 0.338 e. The zero-order valence-electron chi connectivity index (χ0n) is 10.3. The Morgan fingerprint density at radius 1 is 1.38 bits per heavy atom. The van der Waals surface area contributed by atoms with Crippen LogP contribution in [0.2, 0.25) is 0 Å². The van der Waals surface area contributed by atoms with Crippen molar-refractivity contribution in [3.8, 4) is 5.75 Å². The van der Waals surface area contributed by atoms with Crippen molar-refractivity contribution in [3.05, 3.63) is 41.5 Å². The standard InChI is InChI=1S/C14H18O2/c1-9(2)12-7-6-11(5)8-13(12)16-14(15)10(3)4/h6-9H,3H2,1-2,4-5H3. The molecule has 0 aliphatic carbocycles. The van der Waals surface area contributed by atoms with E-state index in [9.17, 15) is 4.79 Å².